The summed E-state index contributed by atoms with van der Waals surface area (Å²) in [7, 11) is 0. The van der Waals surface area contributed by atoms with Crippen LogP contribution in [0.1, 0.15) is 255 Å². The van der Waals surface area contributed by atoms with Crippen molar-refractivity contribution in [3.05, 3.63) is 0 Å². The fourth-order valence-electron chi connectivity index (χ4n) is 10.3. The molecule has 0 aromatic carbocycles. The molecule has 0 aromatic heterocycles. The van der Waals surface area contributed by atoms with Crippen molar-refractivity contribution < 1.29 is 67.4 Å². The van der Waals surface area contributed by atoms with E-state index < -0.39 is 0 Å². The second-order valence-electron chi connectivity index (χ2n) is 25.6. The Bertz CT molecular complexity index is 1710. The van der Waals surface area contributed by atoms with Crippen LogP contribution in [-0.2, 0) is 57.2 Å². The zero-order valence-electron chi connectivity index (χ0n) is 57.8. The van der Waals surface area contributed by atoms with Crippen LogP contribution in [-0.4, -0.2) is 175 Å². The van der Waals surface area contributed by atoms with Gasteiger partial charge in [-0.2, -0.15) is 0 Å². The molecule has 0 radical (unpaired) electrons. The lowest BCUT2D eigenvalue weighted by Gasteiger charge is -2.21. The van der Waals surface area contributed by atoms with Crippen molar-refractivity contribution in [2.75, 3.05) is 98.5 Å². The number of aliphatic hydroxyl groups is 2. The molecule has 0 saturated carbocycles. The maximum atomic E-state index is 13.0. The third-order valence-corrected chi connectivity index (χ3v) is 15.5. The van der Waals surface area contributed by atoms with Crippen LogP contribution in [0.15, 0.2) is 0 Å². The quantitative estimate of drug-likeness (QED) is 0.0160. The van der Waals surface area contributed by atoms with E-state index in [9.17, 15) is 39.0 Å². The Hall–Kier alpha value is -3.50. The van der Waals surface area contributed by atoms with Gasteiger partial charge in [-0.25, -0.2) is 0 Å². The van der Waals surface area contributed by atoms with E-state index in [0.717, 1.165) is 84.3 Å². The van der Waals surface area contributed by atoms with Crippen molar-refractivity contribution in [2.24, 2.45) is 23.7 Å². The molecule has 89 heavy (non-hydrogen) atoms. The van der Waals surface area contributed by atoms with E-state index in [4.69, 9.17) is 28.4 Å². The monoisotopic (exact) mass is 1270 g/mol. The van der Waals surface area contributed by atoms with Crippen LogP contribution in [0, 0.1) is 23.7 Å². The molecule has 0 aliphatic rings. The molecule has 0 aromatic rings. The molecule has 20 heteroatoms. The van der Waals surface area contributed by atoms with Crippen LogP contribution >= 0.6 is 0 Å². The molecule has 0 aliphatic carbocycles. The Kier molecular flexibility index (Phi) is 58.3. The van der Waals surface area contributed by atoms with E-state index in [0.29, 0.717) is 128 Å². The summed E-state index contributed by atoms with van der Waals surface area (Å²) in [5.41, 5.74) is 0. The molecule has 0 bridgehead atoms. The molecule has 0 aliphatic heterocycles. The van der Waals surface area contributed by atoms with E-state index in [-0.39, 0.29) is 130 Å². The first-order valence-electron chi connectivity index (χ1n) is 35.5. The molecule has 524 valence electrons. The Balaban J connectivity index is 4.38. The van der Waals surface area contributed by atoms with Crippen LogP contribution in [0.5, 0.6) is 0 Å². The average molecular weight is 1270 g/mol. The summed E-state index contributed by atoms with van der Waals surface area (Å²) < 4.78 is 33.3. The molecule has 0 spiro atoms. The van der Waals surface area contributed by atoms with E-state index in [1.54, 1.807) is 0 Å². The van der Waals surface area contributed by atoms with Crippen molar-refractivity contribution in [1.82, 2.24) is 31.9 Å². The standard InChI is InChI=1S/C69H134N6O14/c1-55(2)73-42-21-13-12-20-41-70-45-36-60(30-26-48-76)66(80)86-50-24-16-34-64(78)84-52-28-32-61(68(82)88-57(5)6)37-46-71-39-18-10-11-19-40-72-47-38-62(69(83)89-58(7)8)33-29-53-85-65(79)35-17-25-51-87-67(81)63(31-27-49-77)54-59(9)75-44-23-15-14-22-43-74-56(3)4/h55-63,70-77H,10-54H2,1-9H3. The molecule has 5 unspecified atom stereocenters. The van der Waals surface area contributed by atoms with Crippen LogP contribution in [0.25, 0.3) is 0 Å². The number of hydrogen-bond acceptors (Lipinski definition) is 20. The lowest BCUT2D eigenvalue weighted by atomic mass is 9.95. The van der Waals surface area contributed by atoms with Gasteiger partial charge >= 0.3 is 35.8 Å². The molecule has 0 amide bonds. The number of unbranched alkanes of at least 4 members (excludes halogenated alkanes) is 11. The zero-order valence-corrected chi connectivity index (χ0v) is 57.8. The van der Waals surface area contributed by atoms with Crippen molar-refractivity contribution in [2.45, 2.75) is 285 Å². The van der Waals surface area contributed by atoms with Crippen LogP contribution < -0.4 is 31.9 Å². The smallest absolute Gasteiger partial charge is 0.309 e. The minimum atomic E-state index is -0.310. The van der Waals surface area contributed by atoms with Gasteiger partial charge in [0, 0.05) is 44.2 Å². The molecular formula is C69H134N6O14. The van der Waals surface area contributed by atoms with Crippen LogP contribution in [0.4, 0.5) is 0 Å². The Morgan fingerprint density at radius 3 is 1.01 bits per heavy atom. The lowest BCUT2D eigenvalue weighted by Crippen LogP contribution is -2.32. The van der Waals surface area contributed by atoms with E-state index >= 15 is 0 Å². The van der Waals surface area contributed by atoms with Crippen molar-refractivity contribution in [3.8, 4) is 0 Å². The van der Waals surface area contributed by atoms with Crippen molar-refractivity contribution >= 4 is 35.8 Å². The molecular weight excluding hydrogens is 1140 g/mol. The van der Waals surface area contributed by atoms with Gasteiger partial charge in [0.2, 0.25) is 0 Å². The fraction of sp³-hybridized carbons (Fsp3) is 0.913. The molecule has 5 atom stereocenters. The third-order valence-electron chi connectivity index (χ3n) is 15.5. The Labute approximate surface area is 540 Å². The summed E-state index contributed by atoms with van der Waals surface area (Å²) in [4.78, 5) is 76.8. The summed E-state index contributed by atoms with van der Waals surface area (Å²) in [6, 6.07) is 1.19. The predicted octanol–water partition coefficient (Wildman–Crippen LogP) is 9.96. The topological polar surface area (TPSA) is 270 Å². The minimum absolute atomic E-state index is 0.0303. The highest BCUT2D eigenvalue weighted by molar-refractivity contribution is 5.74. The first kappa shape index (κ1) is 85.5. The second kappa shape index (κ2) is 60.7. The normalized spacial score (nSPS) is 13.4. The number of carbonyl (C=O) groups excluding carboxylic acids is 6. The zero-order chi connectivity index (χ0) is 66.0. The minimum Gasteiger partial charge on any atom is -0.466 e. The SMILES string of the molecule is CC(C)NCCCCCCNCCC(CCCO)C(=O)OCCCCC(=O)OCCCC(CCNCCCCCCNCCC(CCCOC(=O)CCCCOC(=O)C(CCCO)CC(C)NCCCCCCNC(C)C)C(=O)OC(C)C)C(=O)OC(C)C. The van der Waals surface area contributed by atoms with Gasteiger partial charge in [0.25, 0.3) is 0 Å². The van der Waals surface area contributed by atoms with Gasteiger partial charge < -0.3 is 70.5 Å². The van der Waals surface area contributed by atoms with Gasteiger partial charge in [-0.1, -0.05) is 66.2 Å². The third kappa shape index (κ3) is 55.8. The molecule has 20 nitrogen and oxygen atoms in total. The Morgan fingerprint density at radius 1 is 0.315 bits per heavy atom. The number of rotatable bonds is 65. The number of esters is 6. The van der Waals surface area contributed by atoms with Gasteiger partial charge in [-0.05, 0) is 235 Å². The van der Waals surface area contributed by atoms with Crippen LogP contribution in [0.3, 0.4) is 0 Å². The molecule has 0 fully saturated rings. The molecule has 0 heterocycles. The summed E-state index contributed by atoms with van der Waals surface area (Å²) in [6.45, 7) is 26.7. The summed E-state index contributed by atoms with van der Waals surface area (Å²) in [6.07, 6.45) is 22.6. The highest BCUT2D eigenvalue weighted by Crippen LogP contribution is 2.20. The second-order valence-corrected chi connectivity index (χ2v) is 25.6. The maximum absolute atomic E-state index is 13.0. The number of carbonyl (C=O) groups is 6. The number of ether oxygens (including phenoxy) is 6. The largest absolute Gasteiger partial charge is 0.466 e. The number of nitrogens with one attached hydrogen (secondary N) is 6. The number of hydrogen-bond donors (Lipinski definition) is 8. The van der Waals surface area contributed by atoms with Gasteiger partial charge in [0.15, 0.2) is 0 Å². The van der Waals surface area contributed by atoms with Gasteiger partial charge in [-0.15, -0.1) is 0 Å². The van der Waals surface area contributed by atoms with Gasteiger partial charge in [0.05, 0.1) is 62.3 Å². The molecule has 8 N–H and O–H groups in total. The first-order valence-corrected chi connectivity index (χ1v) is 35.5. The number of aliphatic hydroxyl groups excluding tert-OH is 2. The molecule has 0 rings (SSSR count). The fourth-order valence-corrected chi connectivity index (χ4v) is 10.3. The van der Waals surface area contributed by atoms with E-state index in [2.05, 4.69) is 66.5 Å². The lowest BCUT2D eigenvalue weighted by molar-refractivity contribution is -0.154. The predicted molar refractivity (Wildman–Crippen MR) is 355 cm³/mol. The first-order chi connectivity index (χ1) is 42.9. The summed E-state index contributed by atoms with van der Waals surface area (Å²) in [5.74, 6) is -2.75. The Morgan fingerprint density at radius 2 is 0.640 bits per heavy atom. The average Bonchev–Trinajstić information content (AvgIpc) is 3.52. The van der Waals surface area contributed by atoms with E-state index in [1.807, 2.05) is 27.7 Å². The highest BCUT2D eigenvalue weighted by atomic mass is 16.6. The van der Waals surface area contributed by atoms with Crippen molar-refractivity contribution in [1.29, 1.82) is 0 Å². The van der Waals surface area contributed by atoms with Crippen molar-refractivity contribution in [3.63, 3.8) is 0 Å². The summed E-state index contributed by atoms with van der Waals surface area (Å²) >= 11 is 0. The van der Waals surface area contributed by atoms with Gasteiger partial charge in [0.1, 0.15) is 0 Å². The van der Waals surface area contributed by atoms with Crippen LogP contribution in [0.2, 0.25) is 0 Å². The highest BCUT2D eigenvalue weighted by Gasteiger charge is 2.25. The van der Waals surface area contributed by atoms with Gasteiger partial charge in [-0.3, -0.25) is 28.8 Å². The molecule has 0 saturated heterocycles. The summed E-state index contributed by atoms with van der Waals surface area (Å²) in [5, 5.41) is 39.6. The maximum Gasteiger partial charge on any atom is 0.309 e. The van der Waals surface area contributed by atoms with E-state index in [1.165, 1.54) is 38.5 Å².